The van der Waals surface area contributed by atoms with Crippen molar-refractivity contribution in [3.05, 3.63) is 0 Å². The minimum Gasteiger partial charge on any atom is -0.329 e. The molecule has 0 bridgehead atoms. The Hall–Kier alpha value is -0.0800. The van der Waals surface area contributed by atoms with E-state index in [0.717, 1.165) is 11.2 Å². The van der Waals surface area contributed by atoms with Gasteiger partial charge in [0.1, 0.15) is 0 Å². The second-order valence-electron chi connectivity index (χ2n) is 7.38. The van der Waals surface area contributed by atoms with E-state index in [-0.39, 0.29) is 0 Å². The number of nitrogens with zero attached hydrogens (tertiary/aromatic N) is 1. The molecule has 0 N–H and O–H groups in total. The standard InChI is InChI=1S/C19H42NO/c1-6-8-10-12-13-15-17-20(4,5)18-21-19(3)16-14-11-9-7-2/h19H,6-18H2,1-5H3/q+1. The summed E-state index contributed by atoms with van der Waals surface area (Å²) in [4.78, 5) is 0. The van der Waals surface area contributed by atoms with E-state index >= 15 is 0 Å². The Morgan fingerprint density at radius 1 is 0.762 bits per heavy atom. The Morgan fingerprint density at radius 2 is 1.29 bits per heavy atom. The Balaban J connectivity index is 3.56. The van der Waals surface area contributed by atoms with Gasteiger partial charge in [0.25, 0.3) is 0 Å². The van der Waals surface area contributed by atoms with Crippen LogP contribution in [0.2, 0.25) is 0 Å². The monoisotopic (exact) mass is 300 g/mol. The van der Waals surface area contributed by atoms with Gasteiger partial charge < -0.3 is 9.22 Å². The first-order chi connectivity index (χ1) is 10.0. The Labute approximate surface area is 134 Å². The van der Waals surface area contributed by atoms with E-state index in [1.807, 2.05) is 0 Å². The van der Waals surface area contributed by atoms with Gasteiger partial charge in [-0.1, -0.05) is 65.2 Å². The number of ether oxygens (including phenoxy) is 1. The Morgan fingerprint density at radius 3 is 1.90 bits per heavy atom. The average molecular weight is 301 g/mol. The second kappa shape index (κ2) is 13.6. The molecule has 0 rings (SSSR count). The van der Waals surface area contributed by atoms with Crippen LogP contribution in [0.5, 0.6) is 0 Å². The molecule has 0 saturated heterocycles. The molecule has 1 atom stereocenters. The molecule has 0 amide bonds. The van der Waals surface area contributed by atoms with Crippen LogP contribution >= 0.6 is 0 Å². The first-order valence-electron chi connectivity index (χ1n) is 9.45. The molecule has 0 spiro atoms. The molecule has 0 aliphatic carbocycles. The summed E-state index contributed by atoms with van der Waals surface area (Å²) in [6.07, 6.45) is 15.3. The van der Waals surface area contributed by atoms with E-state index in [1.54, 1.807) is 0 Å². The fourth-order valence-corrected chi connectivity index (χ4v) is 2.66. The smallest absolute Gasteiger partial charge is 0.183 e. The quantitative estimate of drug-likeness (QED) is 0.212. The van der Waals surface area contributed by atoms with E-state index < -0.39 is 0 Å². The van der Waals surface area contributed by atoms with Crippen LogP contribution in [0.1, 0.15) is 91.4 Å². The number of hydrogen-bond donors (Lipinski definition) is 0. The number of hydrogen-bond acceptors (Lipinski definition) is 1. The lowest BCUT2D eigenvalue weighted by molar-refractivity contribution is -0.910. The summed E-state index contributed by atoms with van der Waals surface area (Å²) in [5, 5.41) is 0. The summed E-state index contributed by atoms with van der Waals surface area (Å²) in [6.45, 7) is 8.89. The maximum absolute atomic E-state index is 6.05. The van der Waals surface area contributed by atoms with Gasteiger partial charge in [-0.05, 0) is 26.2 Å². The molecule has 2 nitrogen and oxygen atoms in total. The van der Waals surface area contributed by atoms with Crippen LogP contribution < -0.4 is 0 Å². The minimum atomic E-state index is 0.420. The highest BCUT2D eigenvalue weighted by molar-refractivity contribution is 4.50. The first-order valence-corrected chi connectivity index (χ1v) is 9.45. The van der Waals surface area contributed by atoms with Gasteiger partial charge in [-0.15, -0.1) is 0 Å². The average Bonchev–Trinajstić information content (AvgIpc) is 2.45. The zero-order chi connectivity index (χ0) is 16.0. The van der Waals surface area contributed by atoms with Crippen molar-refractivity contribution < 1.29 is 9.22 Å². The van der Waals surface area contributed by atoms with Crippen LogP contribution in [0, 0.1) is 0 Å². The van der Waals surface area contributed by atoms with Crippen molar-refractivity contribution in [1.29, 1.82) is 0 Å². The van der Waals surface area contributed by atoms with Gasteiger partial charge in [-0.3, -0.25) is 0 Å². The molecular weight excluding hydrogens is 258 g/mol. The number of rotatable bonds is 15. The SMILES string of the molecule is CCCCCCCC[N+](C)(C)COC(C)CCCCCC. The minimum absolute atomic E-state index is 0.420. The van der Waals surface area contributed by atoms with Gasteiger partial charge in [0, 0.05) is 0 Å². The van der Waals surface area contributed by atoms with Crippen molar-refractivity contribution in [3.63, 3.8) is 0 Å². The third kappa shape index (κ3) is 14.6. The highest BCUT2D eigenvalue weighted by Gasteiger charge is 2.16. The largest absolute Gasteiger partial charge is 0.329 e. The molecule has 0 radical (unpaired) electrons. The third-order valence-electron chi connectivity index (χ3n) is 4.29. The molecule has 2 heteroatoms. The lowest BCUT2D eigenvalue weighted by atomic mass is 10.1. The molecule has 0 heterocycles. The van der Waals surface area contributed by atoms with Crippen LogP contribution in [0.15, 0.2) is 0 Å². The molecule has 0 fully saturated rings. The summed E-state index contributed by atoms with van der Waals surface area (Å²) in [5.41, 5.74) is 0. The van der Waals surface area contributed by atoms with Crippen molar-refractivity contribution >= 4 is 0 Å². The maximum Gasteiger partial charge on any atom is 0.183 e. The summed E-state index contributed by atoms with van der Waals surface area (Å²) < 4.78 is 7.06. The Bertz CT molecular complexity index is 216. The van der Waals surface area contributed by atoms with E-state index in [2.05, 4.69) is 34.9 Å². The highest BCUT2D eigenvalue weighted by Crippen LogP contribution is 2.11. The number of quaternary nitrogens is 1. The first kappa shape index (κ1) is 20.9. The van der Waals surface area contributed by atoms with Crippen molar-refractivity contribution in [2.45, 2.75) is 97.5 Å². The van der Waals surface area contributed by atoms with Crippen molar-refractivity contribution in [1.82, 2.24) is 0 Å². The van der Waals surface area contributed by atoms with E-state index in [1.165, 1.54) is 77.2 Å². The summed E-state index contributed by atoms with van der Waals surface area (Å²) in [5.74, 6) is 0. The molecule has 0 aliphatic heterocycles. The van der Waals surface area contributed by atoms with Gasteiger partial charge in [0.15, 0.2) is 6.73 Å². The van der Waals surface area contributed by atoms with Gasteiger partial charge in [0.2, 0.25) is 0 Å². The molecule has 0 aliphatic rings. The normalized spacial score (nSPS) is 13.6. The van der Waals surface area contributed by atoms with Gasteiger partial charge >= 0.3 is 0 Å². The van der Waals surface area contributed by atoms with Gasteiger partial charge in [-0.2, -0.15) is 0 Å². The molecule has 0 aromatic heterocycles. The zero-order valence-electron chi connectivity index (χ0n) is 15.6. The van der Waals surface area contributed by atoms with Gasteiger partial charge in [0.05, 0.1) is 26.7 Å². The molecular formula is C19H42NO+. The van der Waals surface area contributed by atoms with Gasteiger partial charge in [-0.25, -0.2) is 0 Å². The second-order valence-corrected chi connectivity index (χ2v) is 7.38. The van der Waals surface area contributed by atoms with Crippen LogP contribution in [0.3, 0.4) is 0 Å². The van der Waals surface area contributed by atoms with Crippen LogP contribution in [-0.2, 0) is 4.74 Å². The molecule has 128 valence electrons. The fourth-order valence-electron chi connectivity index (χ4n) is 2.66. The van der Waals surface area contributed by atoms with Crippen LogP contribution in [0.4, 0.5) is 0 Å². The third-order valence-corrected chi connectivity index (χ3v) is 4.29. The lowest BCUT2D eigenvalue weighted by Gasteiger charge is -2.30. The van der Waals surface area contributed by atoms with E-state index in [9.17, 15) is 0 Å². The fraction of sp³-hybridized carbons (Fsp3) is 1.00. The number of unbranched alkanes of at least 4 members (excludes halogenated alkanes) is 8. The topological polar surface area (TPSA) is 9.23 Å². The molecule has 1 unspecified atom stereocenters. The van der Waals surface area contributed by atoms with Crippen molar-refractivity contribution in [2.75, 3.05) is 27.4 Å². The predicted molar refractivity (Wildman–Crippen MR) is 94.5 cm³/mol. The lowest BCUT2D eigenvalue weighted by Crippen LogP contribution is -2.43. The summed E-state index contributed by atoms with van der Waals surface area (Å²) in [7, 11) is 4.60. The van der Waals surface area contributed by atoms with Crippen LogP contribution in [0.25, 0.3) is 0 Å². The predicted octanol–water partition coefficient (Wildman–Crippen LogP) is 5.76. The van der Waals surface area contributed by atoms with E-state index in [4.69, 9.17) is 4.74 Å². The van der Waals surface area contributed by atoms with Crippen molar-refractivity contribution in [2.24, 2.45) is 0 Å². The molecule has 0 aromatic rings. The summed E-state index contributed by atoms with van der Waals surface area (Å²) >= 11 is 0. The van der Waals surface area contributed by atoms with E-state index in [0.29, 0.717) is 6.10 Å². The molecule has 21 heavy (non-hydrogen) atoms. The van der Waals surface area contributed by atoms with Crippen LogP contribution in [-0.4, -0.2) is 38.0 Å². The maximum atomic E-state index is 6.05. The zero-order valence-corrected chi connectivity index (χ0v) is 15.6. The molecule has 0 saturated carbocycles. The highest BCUT2D eigenvalue weighted by atomic mass is 16.5. The Kier molecular flexibility index (Phi) is 13.5. The molecule has 0 aromatic carbocycles. The van der Waals surface area contributed by atoms with Crippen molar-refractivity contribution in [3.8, 4) is 0 Å². The summed E-state index contributed by atoms with van der Waals surface area (Å²) in [6, 6.07) is 0.